The predicted octanol–water partition coefficient (Wildman–Crippen LogP) is 0.0823. The molecule has 124 valence electrons. The van der Waals surface area contributed by atoms with Crippen LogP contribution in [0.2, 0.25) is 0 Å². The molecule has 1 aromatic rings. The number of urea groups is 1. The topological polar surface area (TPSA) is 113 Å². The maximum absolute atomic E-state index is 12.3. The van der Waals surface area contributed by atoms with Crippen molar-refractivity contribution < 1.29 is 37.8 Å². The highest BCUT2D eigenvalue weighted by Crippen LogP contribution is 2.33. The van der Waals surface area contributed by atoms with Gasteiger partial charge in [0.15, 0.2) is 18.1 Å². The third-order valence-corrected chi connectivity index (χ3v) is 2.46. The third-order valence-electron chi connectivity index (χ3n) is 2.46. The van der Waals surface area contributed by atoms with Crippen LogP contribution in [0.4, 0.5) is 23.8 Å². The summed E-state index contributed by atoms with van der Waals surface area (Å²) >= 11 is 0. The average molecular weight is 324 g/mol. The molecule has 0 aliphatic carbocycles. The van der Waals surface area contributed by atoms with Crippen molar-refractivity contribution in [1.82, 2.24) is 10.1 Å². The number of allylic oxidation sites excluding steroid dienone is 1. The molecule has 11 heteroatoms. The quantitative estimate of drug-likeness (QED) is 0.708. The highest BCUT2D eigenvalue weighted by atomic mass is 19.4. The molecule has 1 aliphatic rings. The first-order valence-electron chi connectivity index (χ1n) is 5.75. The number of aromatic nitrogens is 1. The smallest absolute Gasteiger partial charge is 0.436 e. The number of aliphatic hydroxyl groups is 2. The van der Waals surface area contributed by atoms with E-state index < -0.39 is 36.2 Å². The van der Waals surface area contributed by atoms with Gasteiger partial charge in [0.05, 0.1) is 0 Å². The summed E-state index contributed by atoms with van der Waals surface area (Å²) < 4.78 is 41.2. The molecule has 0 radical (unpaired) electrons. The number of halogens is 3. The number of hydrogen-bond acceptors (Lipinski definition) is 6. The van der Waals surface area contributed by atoms with Crippen LogP contribution in [0, 0.1) is 0 Å². The maximum Gasteiger partial charge on any atom is 0.436 e. The van der Waals surface area contributed by atoms with Gasteiger partial charge in [-0.2, -0.15) is 13.2 Å². The first-order chi connectivity index (χ1) is 9.96. The molecule has 8 nitrogen and oxygen atoms in total. The van der Waals surface area contributed by atoms with Crippen LogP contribution in [-0.2, 0) is 6.18 Å². The fourth-order valence-corrected chi connectivity index (χ4v) is 1.47. The van der Waals surface area contributed by atoms with E-state index in [0.717, 1.165) is 4.90 Å². The van der Waals surface area contributed by atoms with E-state index >= 15 is 0 Å². The molecule has 1 saturated heterocycles. The second kappa shape index (κ2) is 6.23. The minimum absolute atomic E-state index is 0.0833. The molecular weight excluding hydrogens is 311 g/mol. The van der Waals surface area contributed by atoms with Crippen molar-refractivity contribution >= 4 is 11.9 Å². The van der Waals surface area contributed by atoms with E-state index in [2.05, 4.69) is 16.3 Å². The first-order valence-corrected chi connectivity index (χ1v) is 5.75. The van der Waals surface area contributed by atoms with Gasteiger partial charge in [0.25, 0.3) is 0 Å². The van der Waals surface area contributed by atoms with Crippen molar-refractivity contribution in [3.8, 4) is 0 Å². The number of alkyl halides is 3. The van der Waals surface area contributed by atoms with Gasteiger partial charge in [0.1, 0.15) is 0 Å². The van der Waals surface area contributed by atoms with Crippen molar-refractivity contribution in [3.05, 3.63) is 24.1 Å². The van der Waals surface area contributed by atoms with E-state index in [-0.39, 0.29) is 5.76 Å². The summed E-state index contributed by atoms with van der Waals surface area (Å²) in [6.07, 6.45) is -8.01. The molecule has 22 heavy (non-hydrogen) atoms. The van der Waals surface area contributed by atoms with Gasteiger partial charge < -0.3 is 19.8 Å². The van der Waals surface area contributed by atoms with Crippen molar-refractivity contribution in [2.75, 3.05) is 11.9 Å². The van der Waals surface area contributed by atoms with E-state index in [9.17, 15) is 33.3 Å². The van der Waals surface area contributed by atoms with Gasteiger partial charge in [-0.15, -0.1) is 12.3 Å². The van der Waals surface area contributed by atoms with Crippen molar-refractivity contribution in [2.45, 2.75) is 25.6 Å². The molecule has 2 atom stereocenters. The third kappa shape index (κ3) is 3.68. The van der Waals surface area contributed by atoms with Crippen LogP contribution in [0.3, 0.4) is 0 Å². The Hall–Kier alpha value is -2.27. The van der Waals surface area contributed by atoms with Gasteiger partial charge in [-0.05, 0) is 0 Å². The minimum Gasteiger partial charge on any atom is -0.876 e. The van der Waals surface area contributed by atoms with E-state index in [1.165, 1.54) is 14.0 Å². The zero-order valence-corrected chi connectivity index (χ0v) is 11.5. The van der Waals surface area contributed by atoms with Crippen molar-refractivity contribution in [3.63, 3.8) is 0 Å². The summed E-state index contributed by atoms with van der Waals surface area (Å²) in [7, 11) is 1.18. The number of aliphatic hydroxyl groups excluding tert-OH is 2. The molecule has 0 spiro atoms. The van der Waals surface area contributed by atoms with E-state index in [1.807, 2.05) is 0 Å². The van der Waals surface area contributed by atoms with Gasteiger partial charge in [0.2, 0.25) is 5.88 Å². The van der Waals surface area contributed by atoms with Gasteiger partial charge in [-0.3, -0.25) is 4.90 Å². The molecule has 0 saturated carbocycles. The van der Waals surface area contributed by atoms with Crippen molar-refractivity contribution in [2.24, 2.45) is 0 Å². The summed E-state index contributed by atoms with van der Waals surface area (Å²) in [5, 5.41) is 31.0. The molecule has 2 rings (SSSR count). The summed E-state index contributed by atoms with van der Waals surface area (Å²) in [5.74, 6) is -0.678. The maximum atomic E-state index is 12.3. The summed E-state index contributed by atoms with van der Waals surface area (Å²) in [6.45, 7) is 4.42. The number of amides is 2. The lowest BCUT2D eigenvalue weighted by Crippen LogP contribution is -2.36. The van der Waals surface area contributed by atoms with Crippen LogP contribution in [0.15, 0.2) is 22.9 Å². The predicted molar refractivity (Wildman–Crippen MR) is 64.0 cm³/mol. The lowest BCUT2D eigenvalue weighted by molar-refractivity contribution is -0.300. The van der Waals surface area contributed by atoms with E-state index in [1.54, 1.807) is 0 Å². The highest BCUT2D eigenvalue weighted by Gasteiger charge is 2.46. The second-order valence-corrected chi connectivity index (χ2v) is 4.34. The molecule has 2 amide bonds. The zero-order chi connectivity index (χ0) is 17.2. The first kappa shape index (κ1) is 17.8. The van der Waals surface area contributed by atoms with Gasteiger partial charge in [-0.25, -0.2) is 9.69 Å². The number of rotatable bonds is 1. The fraction of sp³-hybridized carbons (Fsp3) is 0.455. The number of nitrogens with zero attached hydrogens (tertiary/aromatic N) is 3. The zero-order valence-electron chi connectivity index (χ0n) is 11.5. The number of anilines is 1. The van der Waals surface area contributed by atoms with Crippen LogP contribution in [0.5, 0.6) is 0 Å². The molecule has 2 unspecified atom stereocenters. The molecular formula is C11H13F3N3O5-. The Morgan fingerprint density at radius 2 is 1.95 bits per heavy atom. The Labute approximate surface area is 122 Å². The lowest BCUT2D eigenvalue weighted by atomic mass is 10.4. The molecule has 1 fully saturated rings. The molecule has 2 N–H and O–H groups in total. The largest absolute Gasteiger partial charge is 0.876 e. The summed E-state index contributed by atoms with van der Waals surface area (Å²) in [6, 6.07) is -0.438. The summed E-state index contributed by atoms with van der Waals surface area (Å²) in [4.78, 5) is 12.8. The monoisotopic (exact) mass is 324 g/mol. The molecule has 0 aromatic carbocycles. The summed E-state index contributed by atoms with van der Waals surface area (Å²) in [5.41, 5.74) is -1.33. The van der Waals surface area contributed by atoms with E-state index in [4.69, 9.17) is 0 Å². The number of likely N-dealkylation sites (N-methyl/N-ethyl adjacent to an activating group) is 1. The second-order valence-electron chi connectivity index (χ2n) is 4.34. The number of hydrogen-bond donors (Lipinski definition) is 2. The van der Waals surface area contributed by atoms with Gasteiger partial charge in [0, 0.05) is 13.1 Å². The Morgan fingerprint density at radius 1 is 1.45 bits per heavy atom. The van der Waals surface area contributed by atoms with Gasteiger partial charge >= 0.3 is 12.2 Å². The normalized spacial score (nSPS) is 21.7. The van der Waals surface area contributed by atoms with Crippen molar-refractivity contribution in [1.29, 1.82) is 0 Å². The van der Waals surface area contributed by atoms with Crippen LogP contribution >= 0.6 is 0 Å². The van der Waals surface area contributed by atoms with Crippen LogP contribution < -0.4 is 10.0 Å². The Balaban J connectivity index is 0.000000541. The Kier molecular flexibility index (Phi) is 5.04. The molecule has 2 heterocycles. The highest BCUT2D eigenvalue weighted by molar-refractivity contribution is 5.93. The Morgan fingerprint density at radius 3 is 2.27 bits per heavy atom. The number of carbonyl (C=O) groups is 1. The molecule has 1 aliphatic heterocycles. The SMILES string of the molecule is C=C(C)[O-].CN1C(=O)N(c2cc(C(F)(F)F)no2)C(O)C1O. The van der Waals surface area contributed by atoms with E-state index in [0.29, 0.717) is 11.0 Å². The van der Waals surface area contributed by atoms with Crippen LogP contribution in [0.25, 0.3) is 0 Å². The average Bonchev–Trinajstić information content (AvgIpc) is 2.91. The van der Waals surface area contributed by atoms with Crippen LogP contribution in [0.1, 0.15) is 12.6 Å². The lowest BCUT2D eigenvalue weighted by Gasteiger charge is -2.14. The fourth-order valence-electron chi connectivity index (χ4n) is 1.47. The molecule has 1 aromatic heterocycles. The Bertz CT molecular complexity index is 555. The molecule has 0 bridgehead atoms. The minimum atomic E-state index is -4.72. The van der Waals surface area contributed by atoms with Gasteiger partial charge in [-0.1, -0.05) is 12.1 Å². The van der Waals surface area contributed by atoms with Crippen LogP contribution in [-0.4, -0.2) is 45.8 Å². The standard InChI is InChI=1S/C8H8F3N3O4.C3H6O/c1-13-5(15)6(16)14(7(13)17)4-2-3(12-18-4)8(9,10)11;1-3(2)4/h2,5-6,15-16H,1H3;4H,1H2,2H3/p-1. The number of carbonyl (C=O) groups excluding carboxylic acids is 1.